The molecule has 0 unspecified atom stereocenters. The van der Waals surface area contributed by atoms with Crippen molar-refractivity contribution in [3.05, 3.63) is 152 Å². The van der Waals surface area contributed by atoms with Gasteiger partial charge in [-0.25, -0.2) is 0 Å². The first-order chi connectivity index (χ1) is 16.3. The monoisotopic (exact) mass is 548 g/mol. The summed E-state index contributed by atoms with van der Waals surface area (Å²) in [6.07, 6.45) is 0. The molecule has 0 heterocycles. The zero-order valence-electron chi connectivity index (χ0n) is 18.9. The van der Waals surface area contributed by atoms with E-state index in [4.69, 9.17) is 0 Å². The van der Waals surface area contributed by atoms with Crippen LogP contribution in [0.4, 0.5) is 0 Å². The molecule has 0 atom stereocenters. The van der Waals surface area contributed by atoms with Gasteiger partial charge in [0, 0.05) is 0 Å². The Morgan fingerprint density at radius 3 is 0.879 bits per heavy atom. The molecule has 0 spiro atoms. The fourth-order valence-corrected chi connectivity index (χ4v) is 12.9. The van der Waals surface area contributed by atoms with E-state index in [-0.39, 0.29) is 0 Å². The molecule has 0 nitrogen and oxygen atoms in total. The van der Waals surface area contributed by atoms with Crippen LogP contribution in [-0.4, -0.2) is 28.6 Å². The van der Waals surface area contributed by atoms with E-state index < -0.39 is 28.6 Å². The molecule has 5 rings (SSSR count). The van der Waals surface area contributed by atoms with Gasteiger partial charge in [0.25, 0.3) is 0 Å². The summed E-state index contributed by atoms with van der Waals surface area (Å²) in [5.74, 6) is 0. The van der Waals surface area contributed by atoms with Crippen LogP contribution >= 0.6 is 0 Å². The van der Waals surface area contributed by atoms with Crippen molar-refractivity contribution >= 4 is 49.7 Å². The van der Waals surface area contributed by atoms with Gasteiger partial charge < -0.3 is 0 Å². The molecule has 0 aliphatic carbocycles. The Morgan fingerprint density at radius 1 is 0.364 bits per heavy atom. The van der Waals surface area contributed by atoms with Gasteiger partial charge in [-0.05, 0) is 0 Å². The molecule has 160 valence electrons. The Labute approximate surface area is 206 Å². The van der Waals surface area contributed by atoms with E-state index in [0.29, 0.717) is 0 Å². The standard InChI is InChI=1S/C13H13Si.3C6H5.Sn/c1-14(12-8-4-2-5-9-12)13-10-6-3-7-11-13;3*1-2-4-6-5-3-1;/h2-11H,1H3;3*1-5H;. The first-order valence-electron chi connectivity index (χ1n) is 11.3. The quantitative estimate of drug-likeness (QED) is 0.291. The molecule has 0 N–H and O–H groups in total. The molecule has 0 fully saturated rings. The molecule has 0 saturated heterocycles. The van der Waals surface area contributed by atoms with Gasteiger partial charge in [0.15, 0.2) is 0 Å². The molecule has 2 radical (unpaired) electrons. The van der Waals surface area contributed by atoms with Crippen molar-refractivity contribution in [3.8, 4) is 0 Å². The Balaban J connectivity index is 0.000000165. The van der Waals surface area contributed by atoms with E-state index in [0.717, 1.165) is 0 Å². The molecule has 2 heteroatoms. The fraction of sp³-hybridized carbons (Fsp3) is 0.0323. The van der Waals surface area contributed by atoms with E-state index in [1.54, 1.807) is 0 Å². The van der Waals surface area contributed by atoms with Gasteiger partial charge in [0.1, 0.15) is 8.80 Å². The second kappa shape index (κ2) is 12.4. The van der Waals surface area contributed by atoms with E-state index in [2.05, 4.69) is 158 Å². The number of benzene rings is 5. The second-order valence-corrected chi connectivity index (χ2v) is 17.3. The third kappa shape index (κ3) is 6.56. The number of rotatable bonds is 5. The molecule has 0 bridgehead atoms. The zero-order chi connectivity index (χ0) is 22.7. The molecule has 0 saturated carbocycles. The summed E-state index contributed by atoms with van der Waals surface area (Å²) in [7, 11) is -0.545. The summed E-state index contributed by atoms with van der Waals surface area (Å²) in [6, 6.07) is 54.4. The van der Waals surface area contributed by atoms with Crippen molar-refractivity contribution < 1.29 is 0 Å². The first-order valence-corrected chi connectivity index (χ1v) is 17.6. The Morgan fingerprint density at radius 2 is 0.606 bits per heavy atom. The van der Waals surface area contributed by atoms with E-state index in [1.807, 2.05) is 0 Å². The van der Waals surface area contributed by atoms with Crippen LogP contribution in [0.1, 0.15) is 0 Å². The maximum absolute atomic E-state index is 2.34. The average molecular weight is 547 g/mol. The molecule has 33 heavy (non-hydrogen) atoms. The van der Waals surface area contributed by atoms with Crippen molar-refractivity contribution in [2.24, 2.45) is 0 Å². The van der Waals surface area contributed by atoms with Crippen molar-refractivity contribution in [1.82, 2.24) is 0 Å². The van der Waals surface area contributed by atoms with E-state index >= 15 is 0 Å². The van der Waals surface area contributed by atoms with Crippen LogP contribution in [0.5, 0.6) is 0 Å². The molecular formula is C31H28SiSn. The van der Waals surface area contributed by atoms with Gasteiger partial charge in [0.05, 0.1) is 0 Å². The molecule has 0 aromatic heterocycles. The van der Waals surface area contributed by atoms with Crippen LogP contribution < -0.4 is 21.1 Å². The second-order valence-electron chi connectivity index (χ2n) is 7.83. The first kappa shape index (κ1) is 23.3. The molecule has 0 aliphatic rings. The third-order valence-corrected chi connectivity index (χ3v) is 15.8. The minimum absolute atomic E-state index is 0.545. The number of hydrogen-bond donors (Lipinski definition) is 0. The summed E-state index contributed by atoms with van der Waals surface area (Å²) in [5.41, 5.74) is 0. The van der Waals surface area contributed by atoms with Gasteiger partial charge in [-0.15, -0.1) is 0 Å². The van der Waals surface area contributed by atoms with Crippen molar-refractivity contribution in [1.29, 1.82) is 0 Å². The summed E-state index contributed by atoms with van der Waals surface area (Å²) in [5, 5.41) is 2.95. The molecule has 5 aromatic carbocycles. The number of hydrogen-bond acceptors (Lipinski definition) is 0. The summed E-state index contributed by atoms with van der Waals surface area (Å²) >= 11 is -1.98. The Kier molecular flexibility index (Phi) is 8.73. The van der Waals surface area contributed by atoms with Gasteiger partial charge in [-0.3, -0.25) is 0 Å². The normalized spacial score (nSPS) is 10.5. The maximum atomic E-state index is 2.34. The average Bonchev–Trinajstić information content (AvgIpc) is 2.92. The predicted octanol–water partition coefficient (Wildman–Crippen LogP) is 4.13. The van der Waals surface area contributed by atoms with Crippen molar-refractivity contribution in [2.45, 2.75) is 6.55 Å². The van der Waals surface area contributed by atoms with Crippen LogP contribution in [0.2, 0.25) is 6.55 Å². The van der Waals surface area contributed by atoms with Crippen LogP contribution in [0.15, 0.2) is 152 Å². The molecule has 0 aliphatic heterocycles. The third-order valence-electron chi connectivity index (χ3n) is 5.60. The summed E-state index contributed by atoms with van der Waals surface area (Å²) < 4.78 is 4.59. The Bertz CT molecular complexity index is 1060. The van der Waals surface area contributed by atoms with E-state index in [1.165, 1.54) is 21.1 Å². The molecular weight excluding hydrogens is 519 g/mol. The SMILES string of the molecule is C[Si](c1ccccc1)c1ccccc1.c1cc[c]([Sn]([c]2ccccc2)[c]2ccccc2)cc1. The van der Waals surface area contributed by atoms with Crippen LogP contribution in [0.25, 0.3) is 0 Å². The van der Waals surface area contributed by atoms with Gasteiger partial charge in [0.2, 0.25) is 0 Å². The molecule has 5 aromatic rings. The Hall–Kier alpha value is -2.88. The van der Waals surface area contributed by atoms with Crippen LogP contribution in [0.3, 0.4) is 0 Å². The topological polar surface area (TPSA) is 0 Å². The summed E-state index contributed by atoms with van der Waals surface area (Å²) in [6.45, 7) is 2.34. The van der Waals surface area contributed by atoms with E-state index in [9.17, 15) is 0 Å². The van der Waals surface area contributed by atoms with Gasteiger partial charge >= 0.3 is 121 Å². The fourth-order valence-electron chi connectivity index (χ4n) is 3.86. The summed E-state index contributed by atoms with van der Waals surface area (Å²) in [4.78, 5) is 0. The predicted molar refractivity (Wildman–Crippen MR) is 148 cm³/mol. The van der Waals surface area contributed by atoms with Crippen LogP contribution in [0, 0.1) is 0 Å². The van der Waals surface area contributed by atoms with Crippen molar-refractivity contribution in [2.75, 3.05) is 0 Å². The minimum atomic E-state index is -1.98. The van der Waals surface area contributed by atoms with Gasteiger partial charge in [-0.1, -0.05) is 77.6 Å². The van der Waals surface area contributed by atoms with Crippen molar-refractivity contribution in [3.63, 3.8) is 0 Å². The molecule has 0 amide bonds. The zero-order valence-corrected chi connectivity index (χ0v) is 22.8. The van der Waals surface area contributed by atoms with Gasteiger partial charge in [-0.2, -0.15) is 0 Å². The van der Waals surface area contributed by atoms with Crippen LogP contribution in [-0.2, 0) is 0 Å².